The summed E-state index contributed by atoms with van der Waals surface area (Å²) in [5.74, 6) is 0.204. The van der Waals surface area contributed by atoms with E-state index in [0.717, 1.165) is 24.1 Å². The minimum Gasteiger partial charge on any atom is -0.338 e. The van der Waals surface area contributed by atoms with Crippen LogP contribution in [0.15, 0.2) is 54.6 Å². The zero-order valence-corrected chi connectivity index (χ0v) is 12.4. The summed E-state index contributed by atoms with van der Waals surface area (Å²) < 4.78 is 0. The van der Waals surface area contributed by atoms with Crippen molar-refractivity contribution in [2.75, 3.05) is 6.54 Å². The van der Waals surface area contributed by atoms with Gasteiger partial charge in [-0.15, -0.1) is 0 Å². The minimum absolute atomic E-state index is 0.00166. The molecule has 1 amide bonds. The lowest BCUT2D eigenvalue weighted by molar-refractivity contribution is -0.131. The largest absolute Gasteiger partial charge is 0.338 e. The second-order valence-electron chi connectivity index (χ2n) is 5.70. The average Bonchev–Trinajstić information content (AvgIpc) is 2.90. The summed E-state index contributed by atoms with van der Waals surface area (Å²) in [5, 5.41) is 9.16. The van der Waals surface area contributed by atoms with Gasteiger partial charge in [-0.05, 0) is 30.0 Å². The molecule has 1 aliphatic rings. The first-order valence-corrected chi connectivity index (χ1v) is 7.58. The fraction of sp³-hybridized carbons (Fsp3) is 0.263. The van der Waals surface area contributed by atoms with Crippen LogP contribution in [0.2, 0.25) is 0 Å². The molecule has 1 aliphatic heterocycles. The normalized spacial score (nSPS) is 17.5. The Morgan fingerprint density at radius 3 is 2.59 bits per heavy atom. The molecule has 2 aromatic carbocycles. The van der Waals surface area contributed by atoms with Gasteiger partial charge >= 0.3 is 0 Å². The van der Waals surface area contributed by atoms with Gasteiger partial charge < -0.3 is 4.90 Å². The van der Waals surface area contributed by atoms with Crippen molar-refractivity contribution < 1.29 is 4.79 Å². The Balaban J connectivity index is 1.68. The maximum atomic E-state index is 12.6. The van der Waals surface area contributed by atoms with Gasteiger partial charge in [0.2, 0.25) is 5.91 Å². The molecule has 0 aromatic heterocycles. The van der Waals surface area contributed by atoms with Crippen molar-refractivity contribution >= 4 is 5.91 Å². The first kappa shape index (κ1) is 14.3. The third-order valence-electron chi connectivity index (χ3n) is 4.23. The summed E-state index contributed by atoms with van der Waals surface area (Å²) in [5.41, 5.74) is 2.82. The van der Waals surface area contributed by atoms with Crippen LogP contribution in [-0.2, 0) is 17.8 Å². The molecule has 1 atom stereocenters. The van der Waals surface area contributed by atoms with Crippen LogP contribution in [0.1, 0.15) is 23.1 Å². The van der Waals surface area contributed by atoms with Crippen LogP contribution in [0.5, 0.6) is 0 Å². The van der Waals surface area contributed by atoms with Crippen molar-refractivity contribution in [1.82, 2.24) is 4.90 Å². The highest BCUT2D eigenvalue weighted by molar-refractivity contribution is 5.81. The molecule has 1 fully saturated rings. The number of hydrogen-bond donors (Lipinski definition) is 0. The molecule has 0 N–H and O–H groups in total. The average molecular weight is 290 g/mol. The predicted molar refractivity (Wildman–Crippen MR) is 84.8 cm³/mol. The van der Waals surface area contributed by atoms with Crippen molar-refractivity contribution in [1.29, 1.82) is 5.26 Å². The van der Waals surface area contributed by atoms with Crippen LogP contribution in [0.3, 0.4) is 0 Å². The molecule has 1 saturated heterocycles. The Morgan fingerprint density at radius 1 is 1.09 bits per heavy atom. The lowest BCUT2D eigenvalue weighted by Gasteiger charge is -2.17. The molecule has 2 aromatic rings. The van der Waals surface area contributed by atoms with Crippen molar-refractivity contribution in [3.63, 3.8) is 0 Å². The van der Waals surface area contributed by atoms with Gasteiger partial charge in [0.25, 0.3) is 0 Å². The Kier molecular flexibility index (Phi) is 4.20. The Labute approximate surface area is 130 Å². The third-order valence-corrected chi connectivity index (χ3v) is 4.23. The summed E-state index contributed by atoms with van der Waals surface area (Å²) in [6.45, 7) is 1.48. The van der Waals surface area contributed by atoms with Gasteiger partial charge in [-0.3, -0.25) is 4.79 Å². The first-order valence-electron chi connectivity index (χ1n) is 7.58. The zero-order valence-electron chi connectivity index (χ0n) is 12.4. The molecule has 3 rings (SSSR count). The maximum absolute atomic E-state index is 12.6. The number of hydrogen-bond acceptors (Lipinski definition) is 2. The predicted octanol–water partition coefficient (Wildman–Crippen LogP) is 3.15. The Bertz CT molecular complexity index is 703. The summed E-state index contributed by atoms with van der Waals surface area (Å²) in [7, 11) is 0. The second kappa shape index (κ2) is 6.44. The van der Waals surface area contributed by atoms with Crippen LogP contribution >= 0.6 is 0 Å². The van der Waals surface area contributed by atoms with Crippen LogP contribution in [0.4, 0.5) is 0 Å². The molecule has 0 radical (unpaired) electrons. The standard InChI is InChI=1S/C19H18N2O/c20-13-18-9-5-4-8-16(18)12-17-10-11-21(19(17)22)14-15-6-2-1-3-7-15/h1-9,17H,10-12,14H2. The second-order valence-corrected chi connectivity index (χ2v) is 5.70. The lowest BCUT2D eigenvalue weighted by atomic mass is 9.95. The van der Waals surface area contributed by atoms with E-state index in [0.29, 0.717) is 18.5 Å². The lowest BCUT2D eigenvalue weighted by Crippen LogP contribution is -2.27. The van der Waals surface area contributed by atoms with E-state index in [4.69, 9.17) is 5.26 Å². The molecule has 0 spiro atoms. The summed E-state index contributed by atoms with van der Waals surface area (Å²) in [6, 6.07) is 19.8. The molecule has 0 bridgehead atoms. The monoisotopic (exact) mass is 290 g/mol. The summed E-state index contributed by atoms with van der Waals surface area (Å²) >= 11 is 0. The number of likely N-dealkylation sites (tertiary alicyclic amines) is 1. The van der Waals surface area contributed by atoms with Crippen molar-refractivity contribution in [2.45, 2.75) is 19.4 Å². The molecular weight excluding hydrogens is 272 g/mol. The number of carbonyl (C=O) groups excluding carboxylic acids is 1. The van der Waals surface area contributed by atoms with Crippen LogP contribution in [-0.4, -0.2) is 17.4 Å². The fourth-order valence-electron chi connectivity index (χ4n) is 3.03. The molecular formula is C19H18N2O. The molecule has 0 aliphatic carbocycles. The van der Waals surface area contributed by atoms with Gasteiger partial charge in [0.05, 0.1) is 11.6 Å². The number of carbonyl (C=O) groups is 1. The SMILES string of the molecule is N#Cc1ccccc1CC1CCN(Cc2ccccc2)C1=O. The van der Waals surface area contributed by atoms with E-state index < -0.39 is 0 Å². The maximum Gasteiger partial charge on any atom is 0.226 e. The fourth-order valence-corrected chi connectivity index (χ4v) is 3.03. The van der Waals surface area contributed by atoms with Crippen molar-refractivity contribution in [3.8, 4) is 6.07 Å². The summed E-state index contributed by atoms with van der Waals surface area (Å²) in [6.07, 6.45) is 1.53. The molecule has 3 nitrogen and oxygen atoms in total. The van der Waals surface area contributed by atoms with Crippen LogP contribution in [0.25, 0.3) is 0 Å². The molecule has 1 heterocycles. The van der Waals surface area contributed by atoms with E-state index >= 15 is 0 Å². The van der Waals surface area contributed by atoms with E-state index in [1.807, 2.05) is 59.5 Å². The number of nitriles is 1. The number of rotatable bonds is 4. The van der Waals surface area contributed by atoms with E-state index in [9.17, 15) is 4.79 Å². The van der Waals surface area contributed by atoms with E-state index in [1.165, 1.54) is 0 Å². The quantitative estimate of drug-likeness (QED) is 0.868. The highest BCUT2D eigenvalue weighted by Gasteiger charge is 2.31. The van der Waals surface area contributed by atoms with Gasteiger partial charge in [-0.1, -0.05) is 48.5 Å². The van der Waals surface area contributed by atoms with Gasteiger partial charge in [-0.25, -0.2) is 0 Å². The molecule has 3 heteroatoms. The van der Waals surface area contributed by atoms with E-state index in [2.05, 4.69) is 6.07 Å². The van der Waals surface area contributed by atoms with Crippen LogP contribution in [0, 0.1) is 17.2 Å². The van der Waals surface area contributed by atoms with E-state index in [1.54, 1.807) is 0 Å². The van der Waals surface area contributed by atoms with E-state index in [-0.39, 0.29) is 11.8 Å². The molecule has 110 valence electrons. The number of benzene rings is 2. The highest BCUT2D eigenvalue weighted by atomic mass is 16.2. The topological polar surface area (TPSA) is 44.1 Å². The third kappa shape index (κ3) is 3.01. The summed E-state index contributed by atoms with van der Waals surface area (Å²) in [4.78, 5) is 14.5. The minimum atomic E-state index is -0.00166. The Hall–Kier alpha value is -2.60. The van der Waals surface area contributed by atoms with Crippen molar-refractivity contribution in [2.24, 2.45) is 5.92 Å². The molecule has 1 unspecified atom stereocenters. The molecule has 0 saturated carbocycles. The molecule has 22 heavy (non-hydrogen) atoms. The zero-order chi connectivity index (χ0) is 15.4. The van der Waals surface area contributed by atoms with Gasteiger partial charge in [-0.2, -0.15) is 5.26 Å². The highest BCUT2D eigenvalue weighted by Crippen LogP contribution is 2.25. The van der Waals surface area contributed by atoms with Gasteiger partial charge in [0, 0.05) is 19.0 Å². The Morgan fingerprint density at radius 2 is 1.82 bits per heavy atom. The number of amides is 1. The van der Waals surface area contributed by atoms with Gasteiger partial charge in [0.1, 0.15) is 0 Å². The van der Waals surface area contributed by atoms with Gasteiger partial charge in [0.15, 0.2) is 0 Å². The first-order chi connectivity index (χ1) is 10.8. The van der Waals surface area contributed by atoms with Crippen LogP contribution < -0.4 is 0 Å². The van der Waals surface area contributed by atoms with Crippen molar-refractivity contribution in [3.05, 3.63) is 71.3 Å². The number of nitrogens with zero attached hydrogens (tertiary/aromatic N) is 2. The smallest absolute Gasteiger partial charge is 0.226 e.